The maximum absolute atomic E-state index is 5.77. The van der Waals surface area contributed by atoms with E-state index in [1.54, 1.807) is 21.3 Å². The van der Waals surface area contributed by atoms with Crippen molar-refractivity contribution < 1.29 is 18.9 Å². The van der Waals surface area contributed by atoms with E-state index in [0.29, 0.717) is 25.1 Å². The molecule has 2 rings (SSSR count). The van der Waals surface area contributed by atoms with Gasteiger partial charge in [0.15, 0.2) is 0 Å². The minimum absolute atomic E-state index is 0.0656. The van der Waals surface area contributed by atoms with Gasteiger partial charge in [-0.3, -0.25) is 0 Å². The Morgan fingerprint density at radius 2 is 1.62 bits per heavy atom. The molecule has 0 fully saturated rings. The second-order valence-corrected chi connectivity index (χ2v) is 7.08. The van der Waals surface area contributed by atoms with Crippen LogP contribution in [-0.4, -0.2) is 57.2 Å². The van der Waals surface area contributed by atoms with Gasteiger partial charge in [0.2, 0.25) is 5.88 Å². The zero-order valence-electron chi connectivity index (χ0n) is 18.9. The van der Waals surface area contributed by atoms with Crippen LogP contribution in [0.3, 0.4) is 0 Å². The lowest BCUT2D eigenvalue weighted by molar-refractivity contribution is 0.151. The largest absolute Gasteiger partial charge is 0.496 e. The third kappa shape index (κ3) is 5.24. The molecule has 0 spiro atoms. The molecule has 1 unspecified atom stereocenters. The van der Waals surface area contributed by atoms with Gasteiger partial charge in [-0.1, -0.05) is 13.8 Å². The van der Waals surface area contributed by atoms with Gasteiger partial charge in [0.1, 0.15) is 11.5 Å². The number of hydrogen-bond acceptors (Lipinski definition) is 6. The van der Waals surface area contributed by atoms with Crippen LogP contribution in [0.4, 0.5) is 0 Å². The van der Waals surface area contributed by atoms with Gasteiger partial charge in [-0.25, -0.2) is 4.99 Å². The zero-order chi connectivity index (χ0) is 21.4. The van der Waals surface area contributed by atoms with Gasteiger partial charge in [0.25, 0.3) is 0 Å². The Morgan fingerprint density at radius 1 is 1.00 bits per heavy atom. The van der Waals surface area contributed by atoms with E-state index >= 15 is 0 Å². The van der Waals surface area contributed by atoms with Crippen molar-refractivity contribution >= 4 is 5.71 Å². The first-order chi connectivity index (χ1) is 14.0. The number of rotatable bonds is 11. The Hall–Kier alpha value is -2.21. The first-order valence-corrected chi connectivity index (χ1v) is 10.5. The summed E-state index contributed by atoms with van der Waals surface area (Å²) in [6.07, 6.45) is 4.91. The van der Waals surface area contributed by atoms with E-state index in [4.69, 9.17) is 23.9 Å². The molecule has 0 saturated heterocycles. The summed E-state index contributed by atoms with van der Waals surface area (Å²) in [5.41, 5.74) is 2.88. The second kappa shape index (κ2) is 11.1. The summed E-state index contributed by atoms with van der Waals surface area (Å²) in [4.78, 5) is 7.14. The fourth-order valence-corrected chi connectivity index (χ4v) is 3.81. The molecule has 0 radical (unpaired) electrons. The number of hydrogen-bond donors (Lipinski definition) is 0. The molecule has 0 aliphatic carbocycles. The maximum Gasteiger partial charge on any atom is 0.229 e. The van der Waals surface area contributed by atoms with Crippen LogP contribution in [0.25, 0.3) is 0 Å². The van der Waals surface area contributed by atoms with Crippen LogP contribution in [0.5, 0.6) is 11.5 Å². The van der Waals surface area contributed by atoms with Crippen LogP contribution in [0, 0.1) is 0 Å². The molecular weight excluding hydrogens is 368 g/mol. The molecule has 1 heterocycles. The lowest BCUT2D eigenvalue weighted by atomic mass is 9.95. The molecule has 29 heavy (non-hydrogen) atoms. The van der Waals surface area contributed by atoms with E-state index < -0.39 is 0 Å². The van der Waals surface area contributed by atoms with E-state index in [-0.39, 0.29) is 6.04 Å². The van der Waals surface area contributed by atoms with Gasteiger partial charge in [-0.2, -0.15) is 0 Å². The van der Waals surface area contributed by atoms with Crippen LogP contribution < -0.4 is 9.47 Å². The van der Waals surface area contributed by atoms with Crippen molar-refractivity contribution in [3.8, 4) is 11.5 Å². The number of aliphatic imine (C=N–C) groups is 1. The van der Waals surface area contributed by atoms with Gasteiger partial charge in [-0.15, -0.1) is 0 Å². The average Bonchev–Trinajstić information content (AvgIpc) is 2.75. The van der Waals surface area contributed by atoms with Gasteiger partial charge < -0.3 is 23.8 Å². The quantitative estimate of drug-likeness (QED) is 0.511. The maximum atomic E-state index is 5.77. The van der Waals surface area contributed by atoms with Crippen molar-refractivity contribution in [3.05, 3.63) is 35.3 Å². The fourth-order valence-electron chi connectivity index (χ4n) is 3.81. The van der Waals surface area contributed by atoms with Crippen molar-refractivity contribution in [2.45, 2.75) is 59.0 Å². The zero-order valence-corrected chi connectivity index (χ0v) is 18.9. The highest BCUT2D eigenvalue weighted by molar-refractivity contribution is 6.09. The molecule has 1 aromatic rings. The third-order valence-electron chi connectivity index (χ3n) is 5.47. The fraction of sp³-hybridized carbons (Fsp3) is 0.609. The van der Waals surface area contributed by atoms with E-state index in [0.717, 1.165) is 47.6 Å². The average molecular weight is 405 g/mol. The summed E-state index contributed by atoms with van der Waals surface area (Å²) < 4.78 is 22.6. The molecule has 162 valence electrons. The Morgan fingerprint density at radius 3 is 2.10 bits per heavy atom. The standard InChI is InChI=1S/C23H36N2O4/c1-8-18(9-2)25-15-21(28-7)24-23(16(25)4)22-19(26-5)13-17(11-12-29-10-3)14-20(22)27-6/h13-16,18H,8-12H2,1-7H3. The Bertz CT molecular complexity index is 701. The molecule has 6 nitrogen and oxygen atoms in total. The van der Waals surface area contributed by atoms with Crippen LogP contribution in [-0.2, 0) is 15.9 Å². The van der Waals surface area contributed by atoms with Crippen molar-refractivity contribution in [1.82, 2.24) is 4.90 Å². The van der Waals surface area contributed by atoms with Crippen LogP contribution in [0.1, 0.15) is 51.7 Å². The molecule has 1 aliphatic heterocycles. The van der Waals surface area contributed by atoms with Crippen molar-refractivity contribution in [2.75, 3.05) is 34.5 Å². The van der Waals surface area contributed by atoms with E-state index in [9.17, 15) is 0 Å². The molecule has 0 saturated carbocycles. The summed E-state index contributed by atoms with van der Waals surface area (Å²) >= 11 is 0. The highest BCUT2D eigenvalue weighted by Crippen LogP contribution is 2.35. The van der Waals surface area contributed by atoms with Gasteiger partial charge in [0, 0.05) is 12.6 Å². The summed E-state index contributed by atoms with van der Waals surface area (Å²) in [5.74, 6) is 2.10. The highest BCUT2D eigenvalue weighted by atomic mass is 16.5. The minimum atomic E-state index is 0.0656. The van der Waals surface area contributed by atoms with Crippen molar-refractivity contribution in [1.29, 1.82) is 0 Å². The van der Waals surface area contributed by atoms with E-state index in [1.165, 1.54) is 0 Å². The summed E-state index contributed by atoms with van der Waals surface area (Å²) in [7, 11) is 5.02. The van der Waals surface area contributed by atoms with E-state index in [1.807, 2.05) is 13.1 Å². The molecule has 6 heteroatoms. The van der Waals surface area contributed by atoms with Crippen LogP contribution in [0.15, 0.2) is 29.2 Å². The molecule has 0 aromatic heterocycles. The van der Waals surface area contributed by atoms with Crippen LogP contribution in [0.2, 0.25) is 0 Å². The second-order valence-electron chi connectivity index (χ2n) is 7.08. The molecule has 1 aliphatic rings. The first-order valence-electron chi connectivity index (χ1n) is 10.5. The van der Waals surface area contributed by atoms with E-state index in [2.05, 4.69) is 37.8 Å². The molecule has 0 bridgehead atoms. The highest BCUT2D eigenvalue weighted by Gasteiger charge is 2.31. The SMILES string of the molecule is CCOCCc1cc(OC)c(C2=NC(OC)=CN(C(CC)CC)C2C)c(OC)c1. The lowest BCUT2D eigenvalue weighted by Crippen LogP contribution is -2.44. The van der Waals surface area contributed by atoms with Crippen molar-refractivity contribution in [2.24, 2.45) is 4.99 Å². The lowest BCUT2D eigenvalue weighted by Gasteiger charge is -2.38. The van der Waals surface area contributed by atoms with Gasteiger partial charge in [-0.05, 0) is 50.8 Å². The molecular formula is C23H36N2O4. The monoisotopic (exact) mass is 404 g/mol. The first kappa shape index (κ1) is 23.1. The Balaban J connectivity index is 2.52. The van der Waals surface area contributed by atoms with Gasteiger partial charge in [0.05, 0.1) is 51.5 Å². The number of nitrogens with zero attached hydrogens (tertiary/aromatic N) is 2. The molecule has 1 atom stereocenters. The smallest absolute Gasteiger partial charge is 0.229 e. The summed E-state index contributed by atoms with van der Waals surface area (Å²) in [6, 6.07) is 4.58. The number of benzene rings is 1. The van der Waals surface area contributed by atoms with Crippen LogP contribution >= 0.6 is 0 Å². The molecule has 1 aromatic carbocycles. The van der Waals surface area contributed by atoms with Gasteiger partial charge >= 0.3 is 0 Å². The Kier molecular flexibility index (Phi) is 8.83. The summed E-state index contributed by atoms with van der Waals surface area (Å²) in [6.45, 7) is 9.96. The number of methoxy groups -OCH3 is 3. The molecule has 0 N–H and O–H groups in total. The van der Waals surface area contributed by atoms with Crippen molar-refractivity contribution in [3.63, 3.8) is 0 Å². The Labute approximate surface area is 175 Å². The predicted molar refractivity (Wildman–Crippen MR) is 117 cm³/mol. The number of ether oxygens (including phenoxy) is 4. The third-order valence-corrected chi connectivity index (χ3v) is 5.47. The normalized spacial score (nSPS) is 16.6. The summed E-state index contributed by atoms with van der Waals surface area (Å²) in [5, 5.41) is 0. The minimum Gasteiger partial charge on any atom is -0.496 e. The topological polar surface area (TPSA) is 52.5 Å². The predicted octanol–water partition coefficient (Wildman–Crippen LogP) is 4.41. The molecule has 0 amide bonds.